The molecule has 0 saturated heterocycles. The Morgan fingerprint density at radius 2 is 2.00 bits per heavy atom. The molecule has 30 heavy (non-hydrogen) atoms. The van der Waals surface area contributed by atoms with Gasteiger partial charge in [-0.25, -0.2) is 9.97 Å². The molecule has 0 atom stereocenters. The Morgan fingerprint density at radius 3 is 2.73 bits per heavy atom. The summed E-state index contributed by atoms with van der Waals surface area (Å²) in [5, 5.41) is 9.75. The molecule has 9 heteroatoms. The molecule has 4 aromatic rings. The van der Waals surface area contributed by atoms with Gasteiger partial charge < -0.3 is 5.32 Å². The molecule has 0 aliphatic rings. The third-order valence-electron chi connectivity index (χ3n) is 4.92. The van der Waals surface area contributed by atoms with Crippen molar-refractivity contribution in [2.45, 2.75) is 32.7 Å². The Balaban J connectivity index is 1.39. The van der Waals surface area contributed by atoms with Gasteiger partial charge in [-0.05, 0) is 11.5 Å². The molecule has 0 unspecified atom stereocenters. The highest BCUT2D eigenvalue weighted by molar-refractivity contribution is 7.14. The number of thiazole rings is 1. The Labute approximate surface area is 177 Å². The Bertz CT molecular complexity index is 1250. The second-order valence-electron chi connectivity index (χ2n) is 7.36. The monoisotopic (exact) mass is 422 g/mol. The van der Waals surface area contributed by atoms with E-state index in [-0.39, 0.29) is 24.4 Å². The first-order valence-electron chi connectivity index (χ1n) is 9.65. The van der Waals surface area contributed by atoms with Crippen molar-refractivity contribution in [1.29, 1.82) is 0 Å². The lowest BCUT2D eigenvalue weighted by Crippen LogP contribution is -2.23. The topological polar surface area (TPSA) is 94.7 Å². The molecular weight excluding hydrogens is 400 g/mol. The van der Waals surface area contributed by atoms with Crippen LogP contribution >= 0.6 is 11.3 Å². The van der Waals surface area contributed by atoms with E-state index in [0.717, 1.165) is 11.3 Å². The van der Waals surface area contributed by atoms with E-state index in [4.69, 9.17) is 0 Å². The van der Waals surface area contributed by atoms with Gasteiger partial charge >= 0.3 is 0 Å². The van der Waals surface area contributed by atoms with Gasteiger partial charge in [0.2, 0.25) is 5.91 Å². The summed E-state index contributed by atoms with van der Waals surface area (Å²) in [5.41, 5.74) is 3.43. The second-order valence-corrected chi connectivity index (χ2v) is 8.22. The molecule has 0 spiro atoms. The summed E-state index contributed by atoms with van der Waals surface area (Å²) < 4.78 is 2.97. The van der Waals surface area contributed by atoms with E-state index < -0.39 is 0 Å². The molecule has 3 heterocycles. The predicted octanol–water partition coefficient (Wildman–Crippen LogP) is 3.41. The highest BCUT2D eigenvalue weighted by Crippen LogP contribution is 2.26. The van der Waals surface area contributed by atoms with Crippen LogP contribution < -0.4 is 10.9 Å². The molecule has 1 amide bonds. The van der Waals surface area contributed by atoms with Crippen LogP contribution in [0.4, 0.5) is 5.13 Å². The number of benzene rings is 1. The van der Waals surface area contributed by atoms with Crippen LogP contribution in [-0.4, -0.2) is 30.2 Å². The van der Waals surface area contributed by atoms with Crippen LogP contribution in [0.25, 0.3) is 22.3 Å². The van der Waals surface area contributed by atoms with Gasteiger partial charge in [0.25, 0.3) is 5.56 Å². The Morgan fingerprint density at radius 1 is 1.23 bits per heavy atom. The van der Waals surface area contributed by atoms with Crippen molar-refractivity contribution in [3.05, 3.63) is 58.1 Å². The average Bonchev–Trinajstić information content (AvgIpc) is 3.35. The van der Waals surface area contributed by atoms with Crippen molar-refractivity contribution in [3.8, 4) is 11.3 Å². The zero-order chi connectivity index (χ0) is 21.3. The maximum Gasteiger partial charge on any atom is 0.264 e. The first-order chi connectivity index (χ1) is 14.4. The molecule has 0 bridgehead atoms. The highest BCUT2D eigenvalue weighted by Gasteiger charge is 2.11. The molecule has 0 saturated carbocycles. The minimum atomic E-state index is -0.206. The summed E-state index contributed by atoms with van der Waals surface area (Å²) >= 11 is 1.38. The fourth-order valence-corrected chi connectivity index (χ4v) is 3.87. The molecule has 0 aliphatic carbocycles. The predicted molar refractivity (Wildman–Crippen MR) is 118 cm³/mol. The Hall–Kier alpha value is -3.33. The first kappa shape index (κ1) is 20.0. The number of carbonyl (C=O) groups excluding carboxylic acids is 1. The van der Waals surface area contributed by atoms with E-state index in [2.05, 4.69) is 46.4 Å². The van der Waals surface area contributed by atoms with Gasteiger partial charge in [-0.1, -0.05) is 38.1 Å². The van der Waals surface area contributed by atoms with Gasteiger partial charge in [-0.15, -0.1) is 11.3 Å². The Kier molecular flexibility index (Phi) is 5.45. The van der Waals surface area contributed by atoms with E-state index in [1.165, 1.54) is 34.0 Å². The molecule has 1 N–H and O–H groups in total. The lowest BCUT2D eigenvalue weighted by molar-refractivity contribution is -0.116. The number of nitrogens with one attached hydrogen (secondary N) is 1. The summed E-state index contributed by atoms with van der Waals surface area (Å²) in [7, 11) is 1.73. The summed E-state index contributed by atoms with van der Waals surface area (Å²) in [6.45, 7) is 4.55. The maximum absolute atomic E-state index is 12.5. The van der Waals surface area contributed by atoms with E-state index in [0.29, 0.717) is 22.1 Å². The van der Waals surface area contributed by atoms with Gasteiger partial charge in [-0.2, -0.15) is 5.10 Å². The number of anilines is 1. The van der Waals surface area contributed by atoms with Crippen LogP contribution in [0, 0.1) is 0 Å². The van der Waals surface area contributed by atoms with Crippen LogP contribution in [0.5, 0.6) is 0 Å². The zero-order valence-electron chi connectivity index (χ0n) is 17.0. The minimum Gasteiger partial charge on any atom is -0.302 e. The van der Waals surface area contributed by atoms with Crippen molar-refractivity contribution in [3.63, 3.8) is 0 Å². The molecule has 3 aromatic heterocycles. The van der Waals surface area contributed by atoms with Crippen molar-refractivity contribution in [1.82, 2.24) is 24.3 Å². The molecule has 0 radical (unpaired) electrons. The van der Waals surface area contributed by atoms with Crippen molar-refractivity contribution < 1.29 is 4.79 Å². The molecule has 154 valence electrons. The smallest absolute Gasteiger partial charge is 0.264 e. The number of nitrogens with zero attached hydrogens (tertiary/aromatic N) is 5. The number of carbonyl (C=O) groups is 1. The molecule has 8 nitrogen and oxygen atoms in total. The third-order valence-corrected chi connectivity index (χ3v) is 5.68. The van der Waals surface area contributed by atoms with Crippen LogP contribution in [0.15, 0.2) is 47.0 Å². The van der Waals surface area contributed by atoms with E-state index in [9.17, 15) is 9.59 Å². The number of hydrogen-bond donors (Lipinski definition) is 1. The fraction of sp³-hybridized carbons (Fsp3) is 0.286. The number of rotatable bonds is 6. The first-order valence-corrected chi connectivity index (χ1v) is 10.5. The van der Waals surface area contributed by atoms with Crippen LogP contribution in [-0.2, 0) is 18.4 Å². The standard InChI is InChI=1S/C21H22N6O2S/c1-13(2)14-4-6-15(7-5-14)17-11-30-21(24-17)25-18(28)8-9-27-12-22-19-16(20(27)29)10-23-26(19)3/h4-7,10-13H,8-9H2,1-3H3,(H,24,25,28). The van der Waals surface area contributed by atoms with Gasteiger partial charge in [-0.3, -0.25) is 18.8 Å². The SMILES string of the molecule is CC(C)c1ccc(-c2csc(NC(=O)CCn3cnc4c(cnn4C)c3=O)n2)cc1. The molecular formula is C21H22N6O2S. The maximum atomic E-state index is 12.5. The quantitative estimate of drug-likeness (QED) is 0.514. The summed E-state index contributed by atoms with van der Waals surface area (Å²) in [6, 6.07) is 8.29. The summed E-state index contributed by atoms with van der Waals surface area (Å²) in [4.78, 5) is 33.5. The molecule has 0 aliphatic heterocycles. The average molecular weight is 423 g/mol. The second kappa shape index (κ2) is 8.19. The third kappa shape index (κ3) is 4.02. The molecule has 4 rings (SSSR count). The lowest BCUT2D eigenvalue weighted by Gasteiger charge is -2.06. The van der Waals surface area contributed by atoms with E-state index in [1.54, 1.807) is 11.7 Å². The van der Waals surface area contributed by atoms with Crippen molar-refractivity contribution >= 4 is 33.4 Å². The highest BCUT2D eigenvalue weighted by atomic mass is 32.1. The van der Waals surface area contributed by atoms with Gasteiger partial charge in [0.1, 0.15) is 5.39 Å². The van der Waals surface area contributed by atoms with Gasteiger partial charge in [0.15, 0.2) is 10.8 Å². The van der Waals surface area contributed by atoms with Crippen LogP contribution in [0.3, 0.4) is 0 Å². The summed E-state index contributed by atoms with van der Waals surface area (Å²) in [6.07, 6.45) is 3.08. The van der Waals surface area contributed by atoms with Crippen molar-refractivity contribution in [2.24, 2.45) is 7.05 Å². The normalized spacial score (nSPS) is 11.3. The number of aromatic nitrogens is 5. The number of hydrogen-bond acceptors (Lipinski definition) is 6. The van der Waals surface area contributed by atoms with Crippen LogP contribution in [0.2, 0.25) is 0 Å². The van der Waals surface area contributed by atoms with Gasteiger partial charge in [0, 0.05) is 31.0 Å². The molecule has 1 aromatic carbocycles. The number of aryl methyl sites for hydroxylation is 2. The molecule has 0 fully saturated rings. The van der Waals surface area contributed by atoms with Gasteiger partial charge in [0.05, 0.1) is 18.2 Å². The summed E-state index contributed by atoms with van der Waals surface area (Å²) in [5.74, 6) is 0.273. The largest absolute Gasteiger partial charge is 0.302 e. The lowest BCUT2D eigenvalue weighted by atomic mass is 10.0. The van der Waals surface area contributed by atoms with Crippen LogP contribution in [0.1, 0.15) is 31.7 Å². The zero-order valence-corrected chi connectivity index (χ0v) is 17.8. The fourth-order valence-electron chi connectivity index (χ4n) is 3.13. The number of amides is 1. The number of fused-ring (bicyclic) bond motifs is 1. The minimum absolute atomic E-state index is 0.144. The van der Waals surface area contributed by atoms with E-state index >= 15 is 0 Å². The van der Waals surface area contributed by atoms with Crippen molar-refractivity contribution in [2.75, 3.05) is 5.32 Å². The van der Waals surface area contributed by atoms with E-state index in [1.807, 2.05) is 17.5 Å².